The molecule has 0 aliphatic carbocycles. The fraction of sp³-hybridized carbons (Fsp3) is 0.300. The molecule has 0 fully saturated rings. The second-order valence-electron chi connectivity index (χ2n) is 6.17. The lowest BCUT2D eigenvalue weighted by molar-refractivity contribution is 0.0422. The average molecular weight is 399 g/mol. The summed E-state index contributed by atoms with van der Waals surface area (Å²) >= 11 is 0. The quantitative estimate of drug-likeness (QED) is 0.602. The predicted octanol–water partition coefficient (Wildman–Crippen LogP) is 3.22. The van der Waals surface area contributed by atoms with Gasteiger partial charge in [-0.1, -0.05) is 17.3 Å². The Morgan fingerprint density at radius 1 is 1.17 bits per heavy atom. The molecule has 0 radical (unpaired) electrons. The fourth-order valence-corrected chi connectivity index (χ4v) is 2.86. The van der Waals surface area contributed by atoms with Gasteiger partial charge in [0.05, 0.1) is 19.3 Å². The van der Waals surface area contributed by atoms with Gasteiger partial charge in [-0.25, -0.2) is 9.59 Å². The first-order chi connectivity index (χ1) is 13.9. The number of carbonyl (C=O) groups excluding carboxylic acids is 2. The number of nitrogens with zero attached hydrogens (tertiary/aromatic N) is 2. The van der Waals surface area contributed by atoms with Gasteiger partial charge in [0.2, 0.25) is 5.82 Å². The van der Waals surface area contributed by atoms with Crippen LogP contribution in [-0.2, 0) is 16.1 Å². The molecular formula is C20H21N3O6. The lowest BCUT2D eigenvalue weighted by Crippen LogP contribution is -2.09. The van der Waals surface area contributed by atoms with Crippen molar-refractivity contribution < 1.29 is 28.3 Å². The topological polar surface area (TPSA) is 117 Å². The highest BCUT2D eigenvalue weighted by Crippen LogP contribution is 2.22. The molecule has 152 valence electrons. The number of H-pyrrole nitrogens is 1. The van der Waals surface area contributed by atoms with Crippen LogP contribution in [-0.4, -0.2) is 40.8 Å². The number of nitrogens with one attached hydrogen (secondary N) is 1. The van der Waals surface area contributed by atoms with E-state index in [0.29, 0.717) is 34.0 Å². The van der Waals surface area contributed by atoms with Crippen LogP contribution in [0.5, 0.6) is 5.75 Å². The van der Waals surface area contributed by atoms with Crippen molar-refractivity contribution in [2.75, 3.05) is 13.7 Å². The summed E-state index contributed by atoms with van der Waals surface area (Å²) in [5, 5.41) is 3.89. The lowest BCUT2D eigenvalue weighted by Gasteiger charge is -2.03. The molecule has 0 amide bonds. The Morgan fingerprint density at radius 3 is 2.69 bits per heavy atom. The van der Waals surface area contributed by atoms with E-state index in [1.165, 1.54) is 0 Å². The van der Waals surface area contributed by atoms with Crippen LogP contribution in [0, 0.1) is 13.8 Å². The van der Waals surface area contributed by atoms with Crippen molar-refractivity contribution in [2.45, 2.75) is 27.4 Å². The third kappa shape index (κ3) is 4.29. The molecule has 0 unspecified atom stereocenters. The number of ether oxygens (including phenoxy) is 3. The van der Waals surface area contributed by atoms with E-state index >= 15 is 0 Å². The van der Waals surface area contributed by atoms with Gasteiger partial charge in [0, 0.05) is 11.3 Å². The number of rotatable bonds is 7. The Kier molecular flexibility index (Phi) is 5.96. The van der Waals surface area contributed by atoms with Gasteiger partial charge in [-0.15, -0.1) is 0 Å². The van der Waals surface area contributed by atoms with Crippen molar-refractivity contribution in [1.82, 2.24) is 15.1 Å². The molecule has 29 heavy (non-hydrogen) atoms. The monoisotopic (exact) mass is 399 g/mol. The number of aryl methyl sites for hydroxylation is 1. The van der Waals surface area contributed by atoms with Gasteiger partial charge in [0.1, 0.15) is 11.4 Å². The molecule has 0 bridgehead atoms. The van der Waals surface area contributed by atoms with E-state index < -0.39 is 11.9 Å². The minimum atomic E-state index is -0.637. The number of hydrogen-bond acceptors (Lipinski definition) is 8. The molecule has 1 aromatic carbocycles. The van der Waals surface area contributed by atoms with Gasteiger partial charge in [0.25, 0.3) is 5.89 Å². The standard InChI is InChI=1S/C20H21N3O6/c1-5-27-19(24)16-11(2)17(21-12(16)3)20(25)28-10-15-22-18(23-29-15)13-7-6-8-14(9-13)26-4/h6-9,21H,5,10H2,1-4H3. The van der Waals surface area contributed by atoms with Crippen LogP contribution in [0.15, 0.2) is 28.8 Å². The van der Waals surface area contributed by atoms with Crippen molar-refractivity contribution in [3.63, 3.8) is 0 Å². The normalized spacial score (nSPS) is 10.6. The number of methoxy groups -OCH3 is 1. The molecular weight excluding hydrogens is 378 g/mol. The summed E-state index contributed by atoms with van der Waals surface area (Å²) in [6, 6.07) is 7.19. The summed E-state index contributed by atoms with van der Waals surface area (Å²) in [5.41, 5.74) is 2.22. The summed E-state index contributed by atoms with van der Waals surface area (Å²) in [4.78, 5) is 31.6. The van der Waals surface area contributed by atoms with Crippen LogP contribution in [0.25, 0.3) is 11.4 Å². The van der Waals surface area contributed by atoms with Gasteiger partial charge in [-0.05, 0) is 38.5 Å². The number of hydrogen-bond donors (Lipinski definition) is 1. The van der Waals surface area contributed by atoms with Gasteiger partial charge in [0.15, 0.2) is 6.61 Å². The second-order valence-corrected chi connectivity index (χ2v) is 6.17. The SMILES string of the molecule is CCOC(=O)c1c(C)[nH]c(C(=O)OCc2nc(-c3cccc(OC)c3)no2)c1C. The molecule has 0 aliphatic heterocycles. The Morgan fingerprint density at radius 2 is 1.97 bits per heavy atom. The summed E-state index contributed by atoms with van der Waals surface area (Å²) in [7, 11) is 1.57. The summed E-state index contributed by atoms with van der Waals surface area (Å²) in [6.07, 6.45) is 0. The molecule has 0 aliphatic rings. The third-order valence-corrected chi connectivity index (χ3v) is 4.24. The largest absolute Gasteiger partial charge is 0.497 e. The molecule has 3 rings (SSSR count). The molecule has 0 spiro atoms. The molecule has 1 N–H and O–H groups in total. The van der Waals surface area contributed by atoms with E-state index in [1.807, 2.05) is 12.1 Å². The van der Waals surface area contributed by atoms with Crippen molar-refractivity contribution in [3.05, 3.63) is 52.7 Å². The van der Waals surface area contributed by atoms with Crippen molar-refractivity contribution in [1.29, 1.82) is 0 Å². The van der Waals surface area contributed by atoms with Crippen molar-refractivity contribution >= 4 is 11.9 Å². The maximum absolute atomic E-state index is 12.4. The average Bonchev–Trinajstić information content (AvgIpc) is 3.30. The van der Waals surface area contributed by atoms with E-state index in [0.717, 1.165) is 0 Å². The van der Waals surface area contributed by atoms with Crippen LogP contribution in [0.4, 0.5) is 0 Å². The first kappa shape index (κ1) is 20.1. The highest BCUT2D eigenvalue weighted by molar-refractivity contribution is 5.98. The minimum absolute atomic E-state index is 0.141. The maximum Gasteiger partial charge on any atom is 0.355 e. The Bertz CT molecular complexity index is 1040. The molecule has 2 aromatic heterocycles. The molecule has 0 atom stereocenters. The highest BCUT2D eigenvalue weighted by Gasteiger charge is 2.24. The van der Waals surface area contributed by atoms with Crippen molar-refractivity contribution in [3.8, 4) is 17.1 Å². The predicted molar refractivity (Wildman–Crippen MR) is 102 cm³/mol. The molecule has 0 saturated carbocycles. The first-order valence-corrected chi connectivity index (χ1v) is 8.95. The smallest absolute Gasteiger partial charge is 0.355 e. The zero-order valence-corrected chi connectivity index (χ0v) is 16.6. The van der Waals surface area contributed by atoms with Crippen molar-refractivity contribution in [2.24, 2.45) is 0 Å². The van der Waals surface area contributed by atoms with E-state index in [4.69, 9.17) is 18.7 Å². The van der Waals surface area contributed by atoms with Gasteiger partial charge >= 0.3 is 11.9 Å². The minimum Gasteiger partial charge on any atom is -0.497 e. The number of carbonyl (C=O) groups is 2. The number of benzene rings is 1. The van der Waals surface area contributed by atoms with E-state index in [-0.39, 0.29) is 24.8 Å². The van der Waals surface area contributed by atoms with Crippen LogP contribution in [0.3, 0.4) is 0 Å². The second kappa shape index (κ2) is 8.59. The highest BCUT2D eigenvalue weighted by atomic mass is 16.6. The molecule has 3 aromatic rings. The molecule has 9 nitrogen and oxygen atoms in total. The molecule has 0 saturated heterocycles. The number of esters is 2. The maximum atomic E-state index is 12.4. The summed E-state index contributed by atoms with van der Waals surface area (Å²) in [5.74, 6) is 0.0318. The van der Waals surface area contributed by atoms with Crippen LogP contribution >= 0.6 is 0 Å². The van der Waals surface area contributed by atoms with Crippen LogP contribution in [0.2, 0.25) is 0 Å². The Hall–Kier alpha value is -3.62. The van der Waals surface area contributed by atoms with Gasteiger partial charge < -0.3 is 23.7 Å². The third-order valence-electron chi connectivity index (χ3n) is 4.24. The van der Waals surface area contributed by atoms with E-state index in [1.54, 1.807) is 40.0 Å². The van der Waals surface area contributed by atoms with Gasteiger partial charge in [-0.3, -0.25) is 0 Å². The Balaban J connectivity index is 1.69. The molecule has 2 heterocycles. The zero-order valence-electron chi connectivity index (χ0n) is 16.6. The Labute approximate surface area is 167 Å². The van der Waals surface area contributed by atoms with Crippen LogP contribution < -0.4 is 4.74 Å². The summed E-state index contributed by atoms with van der Waals surface area (Å²) < 4.78 is 20.6. The first-order valence-electron chi connectivity index (χ1n) is 8.95. The zero-order chi connectivity index (χ0) is 21.0. The fourth-order valence-electron chi connectivity index (χ4n) is 2.86. The van der Waals surface area contributed by atoms with Crippen LogP contribution in [0.1, 0.15) is 44.9 Å². The number of aromatic amines is 1. The number of aromatic nitrogens is 3. The van der Waals surface area contributed by atoms with Gasteiger partial charge in [-0.2, -0.15) is 4.98 Å². The summed E-state index contributed by atoms with van der Waals surface area (Å²) in [6.45, 7) is 5.10. The van der Waals surface area contributed by atoms with E-state index in [2.05, 4.69) is 15.1 Å². The van der Waals surface area contributed by atoms with E-state index in [9.17, 15) is 9.59 Å². The lowest BCUT2D eigenvalue weighted by atomic mass is 10.1. The molecule has 9 heteroatoms.